The molecular weight excluding hydrogens is 407 g/mol. The van der Waals surface area contributed by atoms with Gasteiger partial charge in [0.2, 0.25) is 5.91 Å². The van der Waals surface area contributed by atoms with Crippen molar-refractivity contribution in [1.29, 1.82) is 0 Å². The Bertz CT molecular complexity index is 1060. The number of amides is 1. The van der Waals surface area contributed by atoms with Gasteiger partial charge in [0.25, 0.3) is 0 Å². The van der Waals surface area contributed by atoms with Gasteiger partial charge >= 0.3 is 12.1 Å². The first kappa shape index (κ1) is 19.3. The average molecular weight is 421 g/mol. The van der Waals surface area contributed by atoms with Crippen LogP contribution in [0.1, 0.15) is 17.7 Å². The molecule has 0 saturated carbocycles. The second kappa shape index (κ2) is 7.43. The molecule has 0 saturated heterocycles. The largest absolute Gasteiger partial charge is 0.459 e. The molecule has 1 atom stereocenters. The zero-order chi connectivity index (χ0) is 20.6. The minimum absolute atomic E-state index is 0.0367. The summed E-state index contributed by atoms with van der Waals surface area (Å²) in [6.07, 6.45) is -1.15. The highest BCUT2D eigenvalue weighted by Gasteiger charge is 2.34. The van der Waals surface area contributed by atoms with Crippen molar-refractivity contribution in [1.82, 2.24) is 9.38 Å². The Kier molecular flexibility index (Phi) is 4.95. The number of anilines is 1. The molecule has 3 aromatic rings. The topological polar surface area (TPSA) is 72.7 Å². The fourth-order valence-corrected chi connectivity index (χ4v) is 3.96. The zero-order valence-corrected chi connectivity index (χ0v) is 15.6. The molecule has 1 amide bonds. The van der Waals surface area contributed by atoms with E-state index in [1.165, 1.54) is 6.07 Å². The average Bonchev–Trinajstić information content (AvgIpc) is 3.09. The van der Waals surface area contributed by atoms with Crippen LogP contribution in [0.5, 0.6) is 0 Å². The van der Waals surface area contributed by atoms with Gasteiger partial charge in [-0.1, -0.05) is 6.07 Å². The zero-order valence-electron chi connectivity index (χ0n) is 14.8. The number of nitrogens with one attached hydrogen (secondary N) is 1. The summed E-state index contributed by atoms with van der Waals surface area (Å²) in [6.45, 7) is -0.0367. The minimum Gasteiger partial charge on any atom is -0.459 e. The fraction of sp³-hybridized carbons (Fsp3) is 0.211. The number of rotatable bonds is 4. The normalized spacial score (nSPS) is 16.4. The Morgan fingerprint density at radius 3 is 2.86 bits per heavy atom. The van der Waals surface area contributed by atoms with Crippen molar-refractivity contribution in [3.05, 3.63) is 60.0 Å². The molecule has 0 aliphatic carbocycles. The number of aromatic nitrogens is 2. The third-order valence-electron chi connectivity index (χ3n) is 4.27. The first-order chi connectivity index (χ1) is 13.8. The number of carbonyl (C=O) groups excluding carboxylic acids is 2. The second-order valence-electron chi connectivity index (χ2n) is 6.37. The van der Waals surface area contributed by atoms with Crippen LogP contribution in [0.25, 0.3) is 5.65 Å². The molecule has 0 fully saturated rings. The lowest BCUT2D eigenvalue weighted by Gasteiger charge is -2.24. The third-order valence-corrected chi connectivity index (χ3v) is 5.55. The van der Waals surface area contributed by atoms with E-state index in [1.807, 2.05) is 24.4 Å². The molecule has 1 aromatic carbocycles. The number of esters is 1. The smallest absolute Gasteiger partial charge is 0.416 e. The molecule has 150 valence electrons. The van der Waals surface area contributed by atoms with E-state index < -0.39 is 28.9 Å². The van der Waals surface area contributed by atoms with Crippen LogP contribution in [0.15, 0.2) is 53.7 Å². The molecule has 1 N–H and O–H groups in total. The molecule has 0 radical (unpaired) electrons. The summed E-state index contributed by atoms with van der Waals surface area (Å²) in [7, 11) is 0. The van der Waals surface area contributed by atoms with E-state index in [0.717, 1.165) is 29.5 Å². The molecular formula is C19H14F3N3O3S. The van der Waals surface area contributed by atoms with Gasteiger partial charge < -0.3 is 14.5 Å². The SMILES string of the molecule is O=C(CC1Sc2ccc(C(F)(F)F)cc2NC1=O)OCc1cn2ccccc2n1. The second-order valence-corrected chi connectivity index (χ2v) is 7.61. The Labute approximate surface area is 167 Å². The van der Waals surface area contributed by atoms with Gasteiger partial charge in [-0.25, -0.2) is 4.98 Å². The lowest BCUT2D eigenvalue weighted by atomic mass is 10.1. The van der Waals surface area contributed by atoms with Crippen LogP contribution in [0.4, 0.5) is 18.9 Å². The molecule has 29 heavy (non-hydrogen) atoms. The van der Waals surface area contributed by atoms with E-state index in [0.29, 0.717) is 10.6 Å². The maximum Gasteiger partial charge on any atom is 0.416 e. The summed E-state index contributed by atoms with van der Waals surface area (Å²) < 4.78 is 45.4. The van der Waals surface area contributed by atoms with Crippen LogP contribution in [-0.4, -0.2) is 26.5 Å². The molecule has 1 aliphatic heterocycles. The molecule has 10 heteroatoms. The maximum absolute atomic E-state index is 12.8. The van der Waals surface area contributed by atoms with Crippen LogP contribution in [-0.2, 0) is 27.1 Å². The van der Waals surface area contributed by atoms with Crippen LogP contribution < -0.4 is 5.32 Å². The number of fused-ring (bicyclic) bond motifs is 2. The summed E-state index contributed by atoms with van der Waals surface area (Å²) in [5, 5.41) is 1.65. The van der Waals surface area contributed by atoms with Crippen molar-refractivity contribution in [2.75, 3.05) is 5.32 Å². The van der Waals surface area contributed by atoms with Gasteiger partial charge in [0.1, 0.15) is 12.3 Å². The van der Waals surface area contributed by atoms with Crippen molar-refractivity contribution < 1.29 is 27.5 Å². The van der Waals surface area contributed by atoms with Gasteiger partial charge in [0, 0.05) is 17.3 Å². The summed E-state index contributed by atoms with van der Waals surface area (Å²) in [5.41, 5.74) is 0.525. The molecule has 4 rings (SSSR count). The lowest BCUT2D eigenvalue weighted by molar-refractivity contribution is -0.145. The minimum atomic E-state index is -4.50. The van der Waals surface area contributed by atoms with E-state index >= 15 is 0 Å². The summed E-state index contributed by atoms with van der Waals surface area (Å²) in [4.78, 5) is 29.1. The quantitative estimate of drug-likeness (QED) is 0.647. The maximum atomic E-state index is 12.8. The molecule has 0 spiro atoms. The van der Waals surface area contributed by atoms with Crippen molar-refractivity contribution in [3.8, 4) is 0 Å². The van der Waals surface area contributed by atoms with Crippen LogP contribution in [0.3, 0.4) is 0 Å². The van der Waals surface area contributed by atoms with Crippen molar-refractivity contribution in [2.24, 2.45) is 0 Å². The number of carbonyl (C=O) groups is 2. The molecule has 2 aromatic heterocycles. The first-order valence-corrected chi connectivity index (χ1v) is 9.44. The number of hydrogen-bond donors (Lipinski definition) is 1. The molecule has 0 bridgehead atoms. The predicted octanol–water partition coefficient (Wildman–Crippen LogP) is 3.90. The highest BCUT2D eigenvalue weighted by Crippen LogP contribution is 2.40. The number of thioether (sulfide) groups is 1. The summed E-state index contributed by atoms with van der Waals surface area (Å²) in [6, 6.07) is 8.62. The van der Waals surface area contributed by atoms with Crippen molar-refractivity contribution >= 4 is 35.0 Å². The highest BCUT2D eigenvalue weighted by atomic mass is 32.2. The number of imidazole rings is 1. The number of alkyl halides is 3. The van der Waals surface area contributed by atoms with Crippen molar-refractivity contribution in [2.45, 2.75) is 29.3 Å². The Morgan fingerprint density at radius 2 is 2.10 bits per heavy atom. The molecule has 3 heterocycles. The van der Waals surface area contributed by atoms with E-state index in [9.17, 15) is 22.8 Å². The standard InChI is InChI=1S/C19H14F3N3O3S/c20-19(21,22)11-4-5-14-13(7-11)24-18(27)15(29-14)8-17(26)28-10-12-9-25-6-2-1-3-16(25)23-12/h1-7,9,15H,8,10H2,(H,24,27). The van der Waals surface area contributed by atoms with E-state index in [2.05, 4.69) is 10.3 Å². The number of pyridine rings is 1. The van der Waals surface area contributed by atoms with Crippen molar-refractivity contribution in [3.63, 3.8) is 0 Å². The van der Waals surface area contributed by atoms with Gasteiger partial charge in [-0.3, -0.25) is 9.59 Å². The highest BCUT2D eigenvalue weighted by molar-refractivity contribution is 8.01. The predicted molar refractivity (Wildman–Crippen MR) is 99.3 cm³/mol. The summed E-state index contributed by atoms with van der Waals surface area (Å²) in [5.74, 6) is -1.13. The van der Waals surface area contributed by atoms with Gasteiger partial charge in [-0.15, -0.1) is 11.8 Å². The Hall–Kier alpha value is -3.01. The Balaban J connectivity index is 1.38. The van der Waals surface area contributed by atoms with Gasteiger partial charge in [-0.2, -0.15) is 13.2 Å². The van der Waals surface area contributed by atoms with Crippen LogP contribution in [0.2, 0.25) is 0 Å². The number of ether oxygens (including phenoxy) is 1. The first-order valence-electron chi connectivity index (χ1n) is 8.56. The number of halogens is 3. The number of hydrogen-bond acceptors (Lipinski definition) is 5. The van der Waals surface area contributed by atoms with Crippen LogP contribution in [0, 0.1) is 0 Å². The molecule has 6 nitrogen and oxygen atoms in total. The van der Waals surface area contributed by atoms with Crippen LogP contribution >= 0.6 is 11.8 Å². The molecule has 1 unspecified atom stereocenters. The lowest BCUT2D eigenvalue weighted by Crippen LogP contribution is -2.31. The van der Waals surface area contributed by atoms with Gasteiger partial charge in [-0.05, 0) is 30.3 Å². The number of benzene rings is 1. The summed E-state index contributed by atoms with van der Waals surface area (Å²) >= 11 is 1.04. The third kappa shape index (κ3) is 4.21. The van der Waals surface area contributed by atoms with E-state index in [1.54, 1.807) is 10.6 Å². The number of nitrogens with zero attached hydrogens (tertiary/aromatic N) is 2. The van der Waals surface area contributed by atoms with E-state index in [4.69, 9.17) is 4.74 Å². The fourth-order valence-electron chi connectivity index (χ4n) is 2.88. The van der Waals surface area contributed by atoms with Gasteiger partial charge in [0.05, 0.1) is 28.6 Å². The van der Waals surface area contributed by atoms with E-state index in [-0.39, 0.29) is 18.7 Å². The van der Waals surface area contributed by atoms with Gasteiger partial charge in [0.15, 0.2) is 0 Å². The monoisotopic (exact) mass is 421 g/mol. The Morgan fingerprint density at radius 1 is 1.28 bits per heavy atom. The molecule has 1 aliphatic rings.